The van der Waals surface area contributed by atoms with E-state index in [1.165, 1.54) is 18.2 Å². The van der Waals surface area contributed by atoms with Gasteiger partial charge in [0.15, 0.2) is 0 Å². The Balaban J connectivity index is 2.03. The molecule has 0 saturated carbocycles. The second-order valence-corrected chi connectivity index (χ2v) is 4.65. The van der Waals surface area contributed by atoms with Crippen molar-refractivity contribution >= 4 is 5.69 Å². The van der Waals surface area contributed by atoms with Gasteiger partial charge in [0, 0.05) is 24.3 Å². The van der Waals surface area contributed by atoms with Crippen molar-refractivity contribution in [3.63, 3.8) is 0 Å². The molecule has 0 aliphatic rings. The fourth-order valence-corrected chi connectivity index (χ4v) is 1.99. The fourth-order valence-electron chi connectivity index (χ4n) is 1.99. The second-order valence-electron chi connectivity index (χ2n) is 4.65. The summed E-state index contributed by atoms with van der Waals surface area (Å²) in [7, 11) is 1.86. The molecule has 0 atom stereocenters. The van der Waals surface area contributed by atoms with E-state index in [2.05, 4.69) is 0 Å². The minimum Gasteiger partial charge on any atom is -0.399 e. The third-order valence-corrected chi connectivity index (χ3v) is 2.86. The predicted molar refractivity (Wildman–Crippen MR) is 72.4 cm³/mol. The van der Waals surface area contributed by atoms with E-state index in [0.29, 0.717) is 24.3 Å². The molecule has 0 heterocycles. The third-order valence-electron chi connectivity index (χ3n) is 2.86. The van der Waals surface area contributed by atoms with Crippen LogP contribution in [0, 0.1) is 11.6 Å². The molecule has 2 aromatic rings. The number of nitrogens with zero attached hydrogens (tertiary/aromatic N) is 1. The molecular weight excluding hydrogens is 246 g/mol. The average Bonchev–Trinajstić information content (AvgIpc) is 2.33. The normalized spacial score (nSPS) is 10.9. The van der Waals surface area contributed by atoms with E-state index in [1.807, 2.05) is 18.0 Å². The van der Waals surface area contributed by atoms with Crippen LogP contribution in [0.1, 0.15) is 11.1 Å². The largest absolute Gasteiger partial charge is 0.399 e. The molecular formula is C15H16F2N2. The Bertz CT molecular complexity index is 570. The number of benzene rings is 2. The maximum absolute atomic E-state index is 13.6. The number of rotatable bonds is 4. The van der Waals surface area contributed by atoms with Gasteiger partial charge in [-0.2, -0.15) is 0 Å². The van der Waals surface area contributed by atoms with Crippen LogP contribution in [0.4, 0.5) is 14.5 Å². The van der Waals surface area contributed by atoms with Crippen LogP contribution < -0.4 is 5.73 Å². The van der Waals surface area contributed by atoms with Crippen LogP contribution >= 0.6 is 0 Å². The fraction of sp³-hybridized carbons (Fsp3) is 0.200. The molecule has 0 fully saturated rings. The molecule has 0 unspecified atom stereocenters. The van der Waals surface area contributed by atoms with Crippen molar-refractivity contribution in [2.45, 2.75) is 13.1 Å². The van der Waals surface area contributed by atoms with Crippen LogP contribution in [0.25, 0.3) is 0 Å². The van der Waals surface area contributed by atoms with E-state index in [-0.39, 0.29) is 11.6 Å². The third kappa shape index (κ3) is 3.76. The van der Waals surface area contributed by atoms with Gasteiger partial charge in [-0.15, -0.1) is 0 Å². The second kappa shape index (κ2) is 5.80. The topological polar surface area (TPSA) is 29.3 Å². The highest BCUT2D eigenvalue weighted by molar-refractivity contribution is 5.40. The first-order valence-corrected chi connectivity index (χ1v) is 6.01. The monoisotopic (exact) mass is 262 g/mol. The summed E-state index contributed by atoms with van der Waals surface area (Å²) in [6.45, 7) is 1.00. The highest BCUT2D eigenvalue weighted by atomic mass is 19.1. The van der Waals surface area contributed by atoms with Crippen LogP contribution in [0.2, 0.25) is 0 Å². The van der Waals surface area contributed by atoms with Crippen molar-refractivity contribution < 1.29 is 8.78 Å². The molecule has 0 amide bonds. The summed E-state index contributed by atoms with van der Waals surface area (Å²) in [6.07, 6.45) is 0. The molecule has 0 radical (unpaired) electrons. The van der Waals surface area contributed by atoms with Gasteiger partial charge in [-0.3, -0.25) is 4.90 Å². The number of nitrogen functional groups attached to an aromatic ring is 1. The zero-order valence-electron chi connectivity index (χ0n) is 10.7. The molecule has 100 valence electrons. The number of anilines is 1. The predicted octanol–water partition coefficient (Wildman–Crippen LogP) is 3.18. The summed E-state index contributed by atoms with van der Waals surface area (Å²) < 4.78 is 26.7. The van der Waals surface area contributed by atoms with Crippen LogP contribution in [-0.4, -0.2) is 11.9 Å². The lowest BCUT2D eigenvalue weighted by Crippen LogP contribution is -2.18. The summed E-state index contributed by atoms with van der Waals surface area (Å²) in [6, 6.07) is 11.1. The summed E-state index contributed by atoms with van der Waals surface area (Å²) in [4.78, 5) is 1.92. The van der Waals surface area contributed by atoms with Gasteiger partial charge >= 0.3 is 0 Å². The van der Waals surface area contributed by atoms with E-state index >= 15 is 0 Å². The van der Waals surface area contributed by atoms with Crippen LogP contribution in [0.5, 0.6) is 0 Å². The quantitative estimate of drug-likeness (QED) is 0.857. The highest BCUT2D eigenvalue weighted by Crippen LogP contribution is 2.15. The molecule has 0 saturated heterocycles. The maximum atomic E-state index is 13.6. The van der Waals surface area contributed by atoms with E-state index in [9.17, 15) is 8.78 Å². The molecule has 2 nitrogen and oxygen atoms in total. The van der Waals surface area contributed by atoms with Gasteiger partial charge in [-0.25, -0.2) is 8.78 Å². The summed E-state index contributed by atoms with van der Waals surface area (Å²) in [5, 5.41) is 0. The van der Waals surface area contributed by atoms with Gasteiger partial charge in [0.1, 0.15) is 11.6 Å². The minimum atomic E-state index is -0.314. The average molecular weight is 262 g/mol. The van der Waals surface area contributed by atoms with Crippen molar-refractivity contribution in [2.24, 2.45) is 0 Å². The number of nitrogens with two attached hydrogens (primary N) is 1. The molecule has 0 aliphatic heterocycles. The standard InChI is InChI=1S/C15H16F2N2/c1-19(9-11-3-2-4-13(16)7-11)10-12-5-6-14(18)8-15(12)17/h2-8H,9-10,18H2,1H3. The first kappa shape index (κ1) is 13.5. The Morgan fingerprint density at radius 3 is 2.53 bits per heavy atom. The van der Waals surface area contributed by atoms with E-state index < -0.39 is 0 Å². The van der Waals surface area contributed by atoms with E-state index in [4.69, 9.17) is 5.73 Å². The lowest BCUT2D eigenvalue weighted by atomic mass is 10.1. The van der Waals surface area contributed by atoms with E-state index in [1.54, 1.807) is 18.2 Å². The SMILES string of the molecule is CN(Cc1cccc(F)c1)Cc1ccc(N)cc1F. The first-order valence-electron chi connectivity index (χ1n) is 6.01. The smallest absolute Gasteiger partial charge is 0.129 e. The van der Waals surface area contributed by atoms with E-state index in [0.717, 1.165) is 5.56 Å². The minimum absolute atomic E-state index is 0.260. The van der Waals surface area contributed by atoms with Gasteiger partial charge in [-0.05, 0) is 36.9 Å². The van der Waals surface area contributed by atoms with Gasteiger partial charge < -0.3 is 5.73 Å². The molecule has 19 heavy (non-hydrogen) atoms. The van der Waals surface area contributed by atoms with Gasteiger partial charge in [-0.1, -0.05) is 18.2 Å². The van der Waals surface area contributed by atoms with Crippen molar-refractivity contribution in [3.05, 3.63) is 65.2 Å². The Morgan fingerprint density at radius 2 is 1.84 bits per heavy atom. The number of halogens is 2. The Morgan fingerprint density at radius 1 is 1.05 bits per heavy atom. The van der Waals surface area contributed by atoms with Crippen LogP contribution in [-0.2, 0) is 13.1 Å². The zero-order chi connectivity index (χ0) is 13.8. The van der Waals surface area contributed by atoms with Gasteiger partial charge in [0.05, 0.1) is 0 Å². The molecule has 2 N–H and O–H groups in total. The summed E-state index contributed by atoms with van der Waals surface area (Å²) in [5.74, 6) is -0.573. The molecule has 0 aromatic heterocycles. The van der Waals surface area contributed by atoms with Crippen molar-refractivity contribution in [1.29, 1.82) is 0 Å². The Kier molecular flexibility index (Phi) is 4.12. The molecule has 0 aliphatic carbocycles. The lowest BCUT2D eigenvalue weighted by molar-refractivity contribution is 0.313. The van der Waals surface area contributed by atoms with Gasteiger partial charge in [0.2, 0.25) is 0 Å². The molecule has 0 spiro atoms. The summed E-state index contributed by atoms with van der Waals surface area (Å²) >= 11 is 0. The molecule has 2 aromatic carbocycles. The highest BCUT2D eigenvalue weighted by Gasteiger charge is 2.07. The van der Waals surface area contributed by atoms with Crippen molar-refractivity contribution in [2.75, 3.05) is 12.8 Å². The zero-order valence-corrected chi connectivity index (χ0v) is 10.7. The number of hydrogen-bond donors (Lipinski definition) is 1. The molecule has 4 heteroatoms. The Hall–Kier alpha value is -1.94. The summed E-state index contributed by atoms with van der Waals surface area (Å²) in [5.41, 5.74) is 7.35. The first-order chi connectivity index (χ1) is 9.04. The van der Waals surface area contributed by atoms with Crippen LogP contribution in [0.3, 0.4) is 0 Å². The molecule has 2 rings (SSSR count). The van der Waals surface area contributed by atoms with Crippen LogP contribution in [0.15, 0.2) is 42.5 Å². The van der Waals surface area contributed by atoms with Gasteiger partial charge in [0.25, 0.3) is 0 Å². The van der Waals surface area contributed by atoms with Crippen molar-refractivity contribution in [3.8, 4) is 0 Å². The number of hydrogen-bond acceptors (Lipinski definition) is 2. The van der Waals surface area contributed by atoms with Crippen molar-refractivity contribution in [1.82, 2.24) is 4.90 Å². The maximum Gasteiger partial charge on any atom is 0.129 e. The molecule has 0 bridgehead atoms. The lowest BCUT2D eigenvalue weighted by Gasteiger charge is -2.17. The Labute approximate surface area is 111 Å².